The number of ether oxygens (including phenoxy) is 1. The average molecular weight is 320 g/mol. The Labute approximate surface area is 142 Å². The van der Waals surface area contributed by atoms with Crippen LogP contribution in [0.15, 0.2) is 79.1 Å². The number of rotatable bonds is 5. The van der Waals surface area contributed by atoms with Gasteiger partial charge in [0.25, 0.3) is 0 Å². The SMILES string of the molecule is C[n+]1cccc([C@@](C)(O)c2cccc(OCc3ccccc3)c2)c1. The van der Waals surface area contributed by atoms with Crippen LogP contribution < -0.4 is 9.30 Å². The van der Waals surface area contributed by atoms with Gasteiger partial charge in [0.05, 0.1) is 5.56 Å². The number of aliphatic hydroxyl groups is 1. The number of benzene rings is 2. The van der Waals surface area contributed by atoms with Crippen LogP contribution >= 0.6 is 0 Å². The Morgan fingerprint density at radius 3 is 2.46 bits per heavy atom. The first-order valence-corrected chi connectivity index (χ1v) is 8.01. The van der Waals surface area contributed by atoms with Crippen LogP contribution in [0.25, 0.3) is 0 Å². The van der Waals surface area contributed by atoms with Crippen molar-refractivity contribution in [1.29, 1.82) is 0 Å². The molecule has 0 radical (unpaired) electrons. The van der Waals surface area contributed by atoms with Crippen molar-refractivity contribution in [2.24, 2.45) is 7.05 Å². The van der Waals surface area contributed by atoms with Gasteiger partial charge in [-0.05, 0) is 36.2 Å². The number of pyridine rings is 1. The Morgan fingerprint density at radius 2 is 1.71 bits per heavy atom. The van der Waals surface area contributed by atoms with Crippen molar-refractivity contribution in [2.45, 2.75) is 19.1 Å². The molecule has 3 nitrogen and oxygen atoms in total. The highest BCUT2D eigenvalue weighted by atomic mass is 16.5. The lowest BCUT2D eigenvalue weighted by Crippen LogP contribution is -2.32. The molecule has 0 spiro atoms. The largest absolute Gasteiger partial charge is 0.489 e. The lowest BCUT2D eigenvalue weighted by Gasteiger charge is -2.23. The molecule has 1 atom stereocenters. The predicted molar refractivity (Wildman–Crippen MR) is 93.5 cm³/mol. The summed E-state index contributed by atoms with van der Waals surface area (Å²) in [4.78, 5) is 0. The first-order chi connectivity index (χ1) is 11.6. The Balaban J connectivity index is 1.81. The number of hydrogen-bond donors (Lipinski definition) is 1. The highest BCUT2D eigenvalue weighted by Gasteiger charge is 2.28. The highest BCUT2D eigenvalue weighted by molar-refractivity contribution is 5.38. The van der Waals surface area contributed by atoms with Crippen molar-refractivity contribution in [3.63, 3.8) is 0 Å². The molecular weight excluding hydrogens is 298 g/mol. The van der Waals surface area contributed by atoms with E-state index in [1.165, 1.54) is 0 Å². The zero-order valence-electron chi connectivity index (χ0n) is 14.0. The summed E-state index contributed by atoms with van der Waals surface area (Å²) in [5.41, 5.74) is 1.68. The standard InChI is InChI=1S/C21H22NO2/c1-21(23,19-11-7-13-22(2)15-19)18-10-6-12-20(14-18)24-16-17-8-4-3-5-9-17/h3-15,23H,16H2,1-2H3/q+1/t21-/m0/s1. The van der Waals surface area contributed by atoms with Gasteiger partial charge in [0.1, 0.15) is 25.0 Å². The molecule has 0 saturated carbocycles. The first-order valence-electron chi connectivity index (χ1n) is 8.01. The molecule has 0 aliphatic heterocycles. The van der Waals surface area contributed by atoms with Gasteiger partial charge in [-0.25, -0.2) is 4.57 Å². The summed E-state index contributed by atoms with van der Waals surface area (Å²) in [6.45, 7) is 2.31. The molecule has 1 heterocycles. The normalized spacial score (nSPS) is 13.3. The maximum absolute atomic E-state index is 11.0. The van der Waals surface area contributed by atoms with E-state index in [9.17, 15) is 5.11 Å². The van der Waals surface area contributed by atoms with Crippen LogP contribution in [0.3, 0.4) is 0 Å². The van der Waals surface area contributed by atoms with E-state index in [2.05, 4.69) is 0 Å². The highest BCUT2D eigenvalue weighted by Crippen LogP contribution is 2.30. The van der Waals surface area contributed by atoms with Gasteiger partial charge in [-0.1, -0.05) is 42.5 Å². The molecule has 3 rings (SSSR count). The van der Waals surface area contributed by atoms with E-state index in [0.29, 0.717) is 6.61 Å². The van der Waals surface area contributed by atoms with Gasteiger partial charge in [0.15, 0.2) is 12.4 Å². The number of aryl methyl sites for hydroxylation is 1. The van der Waals surface area contributed by atoms with Gasteiger partial charge < -0.3 is 9.84 Å². The zero-order chi connectivity index (χ0) is 17.0. The van der Waals surface area contributed by atoms with E-state index in [-0.39, 0.29) is 0 Å². The third kappa shape index (κ3) is 3.63. The van der Waals surface area contributed by atoms with Crippen molar-refractivity contribution >= 4 is 0 Å². The summed E-state index contributed by atoms with van der Waals surface area (Å²) in [5, 5.41) is 11.0. The van der Waals surface area contributed by atoms with Crippen molar-refractivity contribution < 1.29 is 14.4 Å². The summed E-state index contributed by atoms with van der Waals surface area (Å²) < 4.78 is 7.80. The fraction of sp³-hybridized carbons (Fsp3) is 0.190. The van der Waals surface area contributed by atoms with Crippen molar-refractivity contribution in [2.75, 3.05) is 0 Å². The lowest BCUT2D eigenvalue weighted by molar-refractivity contribution is -0.672. The molecule has 0 fully saturated rings. The van der Waals surface area contributed by atoms with Crippen LogP contribution in [-0.2, 0) is 19.3 Å². The van der Waals surface area contributed by atoms with Gasteiger partial charge in [0, 0.05) is 6.07 Å². The first kappa shape index (κ1) is 16.2. The van der Waals surface area contributed by atoms with E-state index < -0.39 is 5.60 Å². The molecule has 0 bridgehead atoms. The van der Waals surface area contributed by atoms with Gasteiger partial charge in [0.2, 0.25) is 0 Å². The summed E-state index contributed by atoms with van der Waals surface area (Å²) in [6.07, 6.45) is 3.87. The zero-order valence-corrected chi connectivity index (χ0v) is 14.0. The second-order valence-corrected chi connectivity index (χ2v) is 6.13. The Hall–Kier alpha value is -2.65. The molecule has 24 heavy (non-hydrogen) atoms. The van der Waals surface area contributed by atoms with Crippen LogP contribution in [0.5, 0.6) is 5.75 Å². The number of hydrogen-bond acceptors (Lipinski definition) is 2. The minimum Gasteiger partial charge on any atom is -0.489 e. The van der Waals surface area contributed by atoms with Crippen LogP contribution in [0.2, 0.25) is 0 Å². The molecule has 3 heteroatoms. The molecule has 0 aliphatic rings. The molecule has 3 aromatic rings. The van der Waals surface area contributed by atoms with Crippen LogP contribution in [0.4, 0.5) is 0 Å². The van der Waals surface area contributed by atoms with E-state index >= 15 is 0 Å². The minimum atomic E-state index is -1.08. The Kier molecular flexibility index (Phi) is 4.63. The Bertz CT molecular complexity index is 813. The summed E-state index contributed by atoms with van der Waals surface area (Å²) in [6, 6.07) is 21.5. The molecule has 122 valence electrons. The number of nitrogens with zero attached hydrogens (tertiary/aromatic N) is 1. The van der Waals surface area contributed by atoms with E-state index in [1.807, 2.05) is 90.7 Å². The van der Waals surface area contributed by atoms with Crippen LogP contribution in [-0.4, -0.2) is 5.11 Å². The third-order valence-corrected chi connectivity index (χ3v) is 4.15. The average Bonchev–Trinajstić information content (AvgIpc) is 2.61. The van der Waals surface area contributed by atoms with Crippen molar-refractivity contribution in [3.05, 3.63) is 95.8 Å². The number of aromatic nitrogens is 1. The maximum atomic E-state index is 11.0. The van der Waals surface area contributed by atoms with Crippen LogP contribution in [0.1, 0.15) is 23.6 Å². The van der Waals surface area contributed by atoms with Crippen molar-refractivity contribution in [3.8, 4) is 5.75 Å². The molecule has 1 aromatic heterocycles. The summed E-state index contributed by atoms with van der Waals surface area (Å²) in [7, 11) is 1.94. The topological polar surface area (TPSA) is 33.3 Å². The fourth-order valence-corrected chi connectivity index (χ4v) is 2.67. The third-order valence-electron chi connectivity index (χ3n) is 4.15. The minimum absolute atomic E-state index is 0.507. The molecule has 2 aromatic carbocycles. The molecular formula is C21H22NO2+. The van der Waals surface area contributed by atoms with Crippen molar-refractivity contribution in [1.82, 2.24) is 0 Å². The summed E-state index contributed by atoms with van der Waals surface area (Å²) in [5.74, 6) is 0.747. The molecule has 0 aliphatic carbocycles. The quantitative estimate of drug-likeness (QED) is 0.732. The van der Waals surface area contributed by atoms with E-state index in [1.54, 1.807) is 6.92 Å². The van der Waals surface area contributed by atoms with Gasteiger partial charge in [-0.2, -0.15) is 0 Å². The Morgan fingerprint density at radius 1 is 0.958 bits per heavy atom. The van der Waals surface area contributed by atoms with E-state index in [0.717, 1.165) is 22.4 Å². The molecule has 0 saturated heterocycles. The maximum Gasteiger partial charge on any atom is 0.174 e. The van der Waals surface area contributed by atoms with Crippen LogP contribution in [0, 0.1) is 0 Å². The van der Waals surface area contributed by atoms with Gasteiger partial charge >= 0.3 is 0 Å². The lowest BCUT2D eigenvalue weighted by atomic mass is 9.89. The summed E-state index contributed by atoms with van der Waals surface area (Å²) >= 11 is 0. The fourth-order valence-electron chi connectivity index (χ4n) is 2.67. The predicted octanol–water partition coefficient (Wildman–Crippen LogP) is 3.35. The second-order valence-electron chi connectivity index (χ2n) is 6.13. The second kappa shape index (κ2) is 6.85. The van der Waals surface area contributed by atoms with Gasteiger partial charge in [-0.15, -0.1) is 0 Å². The van der Waals surface area contributed by atoms with E-state index in [4.69, 9.17) is 4.74 Å². The monoisotopic (exact) mass is 320 g/mol. The molecule has 0 amide bonds. The van der Waals surface area contributed by atoms with Gasteiger partial charge in [-0.3, -0.25) is 0 Å². The molecule has 0 unspecified atom stereocenters. The molecule has 1 N–H and O–H groups in total. The smallest absolute Gasteiger partial charge is 0.174 e.